The van der Waals surface area contributed by atoms with Gasteiger partial charge in [0.15, 0.2) is 0 Å². The van der Waals surface area contributed by atoms with Crippen molar-refractivity contribution in [3.05, 3.63) is 41.1 Å². The summed E-state index contributed by atoms with van der Waals surface area (Å²) in [5.74, 6) is 0.984. The molecule has 1 atom stereocenters. The van der Waals surface area contributed by atoms with E-state index < -0.39 is 0 Å². The van der Waals surface area contributed by atoms with Crippen LogP contribution in [0.3, 0.4) is 0 Å². The zero-order chi connectivity index (χ0) is 13.8. The predicted octanol–water partition coefficient (Wildman–Crippen LogP) is 1.99. The normalized spacial score (nSPS) is 11.9. The molecule has 19 heavy (non-hydrogen) atoms. The number of halogens is 1. The van der Waals surface area contributed by atoms with Crippen LogP contribution in [-0.2, 0) is 0 Å². The van der Waals surface area contributed by atoms with Crippen molar-refractivity contribution in [3.8, 4) is 0 Å². The van der Waals surface area contributed by atoms with Crippen LogP contribution in [0.2, 0.25) is 5.02 Å². The fraction of sp³-hybridized carbons (Fsp3) is 0.250. The highest BCUT2D eigenvalue weighted by Gasteiger charge is 2.14. The van der Waals surface area contributed by atoms with Gasteiger partial charge in [0, 0.05) is 25.6 Å². The lowest BCUT2D eigenvalue weighted by Crippen LogP contribution is -2.27. The Kier molecular flexibility index (Phi) is 4.01. The number of amides is 1. The molecule has 0 saturated carbocycles. The highest BCUT2D eigenvalue weighted by Crippen LogP contribution is 2.19. The Morgan fingerprint density at radius 2 is 2.26 bits per heavy atom. The molecule has 1 unspecified atom stereocenters. The molecule has 0 aliphatic heterocycles. The highest BCUT2D eigenvalue weighted by atomic mass is 35.5. The van der Waals surface area contributed by atoms with Crippen molar-refractivity contribution in [3.63, 3.8) is 0 Å². The van der Waals surface area contributed by atoms with Crippen molar-refractivity contribution in [2.45, 2.75) is 13.0 Å². The molecule has 0 saturated heterocycles. The lowest BCUT2D eigenvalue weighted by Gasteiger charge is -2.12. The van der Waals surface area contributed by atoms with E-state index in [0.717, 1.165) is 0 Å². The maximum atomic E-state index is 12.0. The van der Waals surface area contributed by atoms with Gasteiger partial charge in [-0.15, -0.1) is 0 Å². The van der Waals surface area contributed by atoms with Gasteiger partial charge in [-0.25, -0.2) is 9.97 Å². The summed E-state index contributed by atoms with van der Waals surface area (Å²) >= 11 is 5.99. The van der Waals surface area contributed by atoms with E-state index in [1.54, 1.807) is 25.5 Å². The number of pyridine rings is 1. The molecule has 2 rings (SSSR count). The van der Waals surface area contributed by atoms with Gasteiger partial charge < -0.3 is 15.6 Å². The fourth-order valence-electron chi connectivity index (χ4n) is 1.61. The first kappa shape index (κ1) is 13.4. The molecule has 2 aromatic rings. The van der Waals surface area contributed by atoms with E-state index in [2.05, 4.69) is 25.6 Å². The van der Waals surface area contributed by atoms with Gasteiger partial charge in [0.1, 0.15) is 11.6 Å². The summed E-state index contributed by atoms with van der Waals surface area (Å²) in [7, 11) is 1.72. The van der Waals surface area contributed by atoms with Crippen molar-refractivity contribution in [1.82, 2.24) is 20.3 Å². The minimum atomic E-state index is -0.249. The molecule has 2 aromatic heterocycles. The van der Waals surface area contributed by atoms with E-state index in [0.29, 0.717) is 22.2 Å². The molecular formula is C12H14ClN5O. The van der Waals surface area contributed by atoms with Crippen LogP contribution in [0, 0.1) is 0 Å². The molecule has 3 N–H and O–H groups in total. The smallest absolute Gasteiger partial charge is 0.253 e. The topological polar surface area (TPSA) is 82.7 Å². The number of aromatic nitrogens is 3. The quantitative estimate of drug-likeness (QED) is 0.799. The van der Waals surface area contributed by atoms with Crippen molar-refractivity contribution < 1.29 is 4.79 Å². The number of imidazole rings is 1. The van der Waals surface area contributed by atoms with Gasteiger partial charge in [-0.3, -0.25) is 4.79 Å². The molecule has 0 radical (unpaired) electrons. The predicted molar refractivity (Wildman–Crippen MR) is 73.3 cm³/mol. The standard InChI is InChI=1S/C12H14ClN5O/c1-7(10-15-3-4-16-10)18-12(19)8-5-9(13)11(14-2)17-6-8/h3-7H,1-2H3,(H,14,17)(H,15,16)(H,18,19). The molecule has 0 aliphatic rings. The Bertz CT molecular complexity index is 570. The van der Waals surface area contributed by atoms with Crippen molar-refractivity contribution in [2.75, 3.05) is 12.4 Å². The second kappa shape index (κ2) is 5.71. The Labute approximate surface area is 115 Å². The van der Waals surface area contributed by atoms with Crippen LogP contribution in [0.5, 0.6) is 0 Å². The number of carbonyl (C=O) groups is 1. The molecule has 6 nitrogen and oxygen atoms in total. The number of hydrogen-bond acceptors (Lipinski definition) is 4. The van der Waals surface area contributed by atoms with E-state index in [4.69, 9.17) is 11.6 Å². The third-order valence-electron chi connectivity index (χ3n) is 2.62. The minimum Gasteiger partial charge on any atom is -0.372 e. The third-order valence-corrected chi connectivity index (χ3v) is 2.91. The average molecular weight is 280 g/mol. The van der Waals surface area contributed by atoms with Crippen molar-refractivity contribution >= 4 is 23.3 Å². The van der Waals surface area contributed by atoms with Crippen LogP contribution in [0.1, 0.15) is 29.1 Å². The first-order chi connectivity index (χ1) is 9.11. The highest BCUT2D eigenvalue weighted by molar-refractivity contribution is 6.33. The van der Waals surface area contributed by atoms with Crippen LogP contribution in [0.4, 0.5) is 5.82 Å². The second-order valence-electron chi connectivity index (χ2n) is 3.97. The average Bonchev–Trinajstić information content (AvgIpc) is 2.92. The molecule has 100 valence electrons. The summed E-state index contributed by atoms with van der Waals surface area (Å²) in [5, 5.41) is 6.05. The molecular weight excluding hydrogens is 266 g/mol. The monoisotopic (exact) mass is 279 g/mol. The molecule has 0 aromatic carbocycles. The van der Waals surface area contributed by atoms with Gasteiger partial charge in [-0.1, -0.05) is 11.6 Å². The van der Waals surface area contributed by atoms with Crippen LogP contribution in [0.15, 0.2) is 24.7 Å². The summed E-state index contributed by atoms with van der Waals surface area (Å²) in [6.45, 7) is 1.84. The zero-order valence-electron chi connectivity index (χ0n) is 10.6. The SMILES string of the molecule is CNc1ncc(C(=O)NC(C)c2ncc[nH]2)cc1Cl. The van der Waals surface area contributed by atoms with Crippen LogP contribution in [0.25, 0.3) is 0 Å². The maximum absolute atomic E-state index is 12.0. The molecule has 0 fully saturated rings. The van der Waals surface area contributed by atoms with Crippen molar-refractivity contribution in [1.29, 1.82) is 0 Å². The zero-order valence-corrected chi connectivity index (χ0v) is 11.3. The lowest BCUT2D eigenvalue weighted by molar-refractivity contribution is 0.0938. The fourth-order valence-corrected chi connectivity index (χ4v) is 1.87. The third kappa shape index (κ3) is 3.03. The number of hydrogen-bond donors (Lipinski definition) is 3. The van der Waals surface area contributed by atoms with Crippen LogP contribution >= 0.6 is 11.6 Å². The Balaban J connectivity index is 2.10. The number of H-pyrrole nitrogens is 1. The minimum absolute atomic E-state index is 0.217. The number of anilines is 1. The van der Waals surface area contributed by atoms with E-state index in [1.165, 1.54) is 6.20 Å². The van der Waals surface area contributed by atoms with E-state index in [9.17, 15) is 4.79 Å². The van der Waals surface area contributed by atoms with Gasteiger partial charge in [-0.05, 0) is 13.0 Å². The Morgan fingerprint density at radius 3 is 2.84 bits per heavy atom. The first-order valence-corrected chi connectivity index (χ1v) is 6.13. The lowest BCUT2D eigenvalue weighted by atomic mass is 10.2. The van der Waals surface area contributed by atoms with Gasteiger partial charge in [0.05, 0.1) is 16.6 Å². The number of nitrogens with one attached hydrogen (secondary N) is 3. The number of carbonyl (C=O) groups excluding carboxylic acids is 1. The molecule has 2 heterocycles. The molecule has 0 aliphatic carbocycles. The van der Waals surface area contributed by atoms with Gasteiger partial charge in [0.25, 0.3) is 5.91 Å². The summed E-state index contributed by atoms with van der Waals surface area (Å²) in [6.07, 6.45) is 4.82. The summed E-state index contributed by atoms with van der Waals surface area (Å²) < 4.78 is 0. The Morgan fingerprint density at radius 1 is 1.47 bits per heavy atom. The largest absolute Gasteiger partial charge is 0.372 e. The number of rotatable bonds is 4. The van der Waals surface area contributed by atoms with Gasteiger partial charge in [-0.2, -0.15) is 0 Å². The summed E-state index contributed by atoms with van der Waals surface area (Å²) in [5.41, 5.74) is 0.405. The van der Waals surface area contributed by atoms with Gasteiger partial charge in [0.2, 0.25) is 0 Å². The van der Waals surface area contributed by atoms with Crippen LogP contribution < -0.4 is 10.6 Å². The molecule has 7 heteroatoms. The van der Waals surface area contributed by atoms with Crippen LogP contribution in [-0.4, -0.2) is 27.9 Å². The summed E-state index contributed by atoms with van der Waals surface area (Å²) in [6, 6.07) is 1.36. The maximum Gasteiger partial charge on any atom is 0.253 e. The molecule has 0 spiro atoms. The second-order valence-corrected chi connectivity index (χ2v) is 4.38. The molecule has 1 amide bonds. The van der Waals surface area contributed by atoms with E-state index in [-0.39, 0.29) is 11.9 Å². The Hall–Kier alpha value is -2.08. The van der Waals surface area contributed by atoms with E-state index >= 15 is 0 Å². The number of aromatic amines is 1. The number of nitrogens with zero attached hydrogens (tertiary/aromatic N) is 2. The molecule has 0 bridgehead atoms. The van der Waals surface area contributed by atoms with Crippen molar-refractivity contribution in [2.24, 2.45) is 0 Å². The van der Waals surface area contributed by atoms with Gasteiger partial charge >= 0.3 is 0 Å². The first-order valence-electron chi connectivity index (χ1n) is 5.75. The summed E-state index contributed by atoms with van der Waals surface area (Å²) in [4.78, 5) is 23.1. The van der Waals surface area contributed by atoms with E-state index in [1.807, 2.05) is 6.92 Å².